The standard InChI is InChI=1S/C25H33N5OS/c1-6-15-30-24(21-11-13-26-14-12-21)28-29-25(30)32-16-22(31)27-23(18(4)5)20-9-7-19(8-10-20)17(2)3/h7-14,17-18,23H,6,15-16H2,1-5H3,(H,27,31). The lowest BCUT2D eigenvalue weighted by molar-refractivity contribution is -0.119. The van der Waals surface area contributed by atoms with E-state index in [0.717, 1.165) is 35.1 Å². The molecule has 0 bridgehead atoms. The van der Waals surface area contributed by atoms with E-state index in [1.165, 1.54) is 17.3 Å². The molecule has 3 aromatic rings. The van der Waals surface area contributed by atoms with E-state index in [0.29, 0.717) is 11.7 Å². The minimum absolute atomic E-state index is 0.00172. The number of hydrogen-bond acceptors (Lipinski definition) is 5. The van der Waals surface area contributed by atoms with Crippen molar-refractivity contribution >= 4 is 17.7 Å². The number of aromatic nitrogens is 4. The molecule has 2 heterocycles. The summed E-state index contributed by atoms with van der Waals surface area (Å²) in [5, 5.41) is 12.7. The average Bonchev–Trinajstić information content (AvgIpc) is 3.19. The van der Waals surface area contributed by atoms with Gasteiger partial charge in [-0.15, -0.1) is 10.2 Å². The van der Waals surface area contributed by atoms with Crippen LogP contribution in [-0.4, -0.2) is 31.4 Å². The van der Waals surface area contributed by atoms with Gasteiger partial charge in [0.15, 0.2) is 11.0 Å². The predicted octanol–water partition coefficient (Wildman–Crippen LogP) is 5.48. The number of rotatable bonds is 10. The summed E-state index contributed by atoms with van der Waals surface area (Å²) in [5.74, 6) is 1.88. The number of thioether (sulfide) groups is 1. The first-order chi connectivity index (χ1) is 15.4. The van der Waals surface area contributed by atoms with Crippen LogP contribution in [0.5, 0.6) is 0 Å². The van der Waals surface area contributed by atoms with Crippen molar-refractivity contribution in [2.75, 3.05) is 5.75 Å². The van der Waals surface area contributed by atoms with Crippen LogP contribution in [0.3, 0.4) is 0 Å². The van der Waals surface area contributed by atoms with Crippen LogP contribution in [0.25, 0.3) is 11.4 Å². The van der Waals surface area contributed by atoms with Gasteiger partial charge >= 0.3 is 0 Å². The number of nitrogens with zero attached hydrogens (tertiary/aromatic N) is 4. The molecule has 32 heavy (non-hydrogen) atoms. The lowest BCUT2D eigenvalue weighted by Crippen LogP contribution is -2.33. The van der Waals surface area contributed by atoms with E-state index >= 15 is 0 Å². The van der Waals surface area contributed by atoms with Crippen LogP contribution < -0.4 is 5.32 Å². The van der Waals surface area contributed by atoms with E-state index in [2.05, 4.69) is 83.9 Å². The van der Waals surface area contributed by atoms with Crippen LogP contribution in [0, 0.1) is 5.92 Å². The van der Waals surface area contributed by atoms with Crippen molar-refractivity contribution in [2.45, 2.75) is 64.7 Å². The van der Waals surface area contributed by atoms with Gasteiger partial charge in [-0.3, -0.25) is 9.78 Å². The van der Waals surface area contributed by atoms with Crippen molar-refractivity contribution in [1.82, 2.24) is 25.1 Å². The van der Waals surface area contributed by atoms with Crippen LogP contribution in [-0.2, 0) is 11.3 Å². The molecule has 1 N–H and O–H groups in total. The second-order valence-corrected chi connectivity index (χ2v) is 9.54. The molecule has 1 amide bonds. The molecule has 1 unspecified atom stereocenters. The largest absolute Gasteiger partial charge is 0.348 e. The van der Waals surface area contributed by atoms with E-state index in [1.807, 2.05) is 12.1 Å². The Morgan fingerprint density at radius 1 is 1.00 bits per heavy atom. The van der Waals surface area contributed by atoms with Gasteiger partial charge in [0.25, 0.3) is 0 Å². The maximum absolute atomic E-state index is 12.8. The van der Waals surface area contributed by atoms with Gasteiger partial charge in [0.2, 0.25) is 5.91 Å². The number of pyridine rings is 1. The van der Waals surface area contributed by atoms with Gasteiger partial charge in [0.05, 0.1) is 11.8 Å². The fourth-order valence-corrected chi connectivity index (χ4v) is 4.38. The zero-order valence-electron chi connectivity index (χ0n) is 19.6. The van der Waals surface area contributed by atoms with Gasteiger partial charge in [-0.1, -0.05) is 70.6 Å². The average molecular weight is 452 g/mol. The number of benzene rings is 1. The molecule has 6 nitrogen and oxygen atoms in total. The third kappa shape index (κ3) is 5.97. The molecule has 0 fully saturated rings. The molecular formula is C25H33N5OS. The Balaban J connectivity index is 1.68. The summed E-state index contributed by atoms with van der Waals surface area (Å²) in [4.78, 5) is 16.9. The van der Waals surface area contributed by atoms with Gasteiger partial charge in [-0.2, -0.15) is 0 Å². The van der Waals surface area contributed by atoms with Gasteiger partial charge in [-0.05, 0) is 41.5 Å². The number of carbonyl (C=O) groups excluding carboxylic acids is 1. The maximum Gasteiger partial charge on any atom is 0.230 e. The van der Waals surface area contributed by atoms with Gasteiger partial charge in [-0.25, -0.2) is 0 Å². The molecule has 1 atom stereocenters. The van der Waals surface area contributed by atoms with Crippen LogP contribution in [0.4, 0.5) is 0 Å². The molecular weight excluding hydrogens is 418 g/mol. The van der Waals surface area contributed by atoms with Gasteiger partial charge < -0.3 is 9.88 Å². The summed E-state index contributed by atoms with van der Waals surface area (Å²) in [7, 11) is 0. The first-order valence-corrected chi connectivity index (χ1v) is 12.2. The first kappa shape index (κ1) is 24.0. The SMILES string of the molecule is CCCn1c(SCC(=O)NC(c2ccc(C(C)C)cc2)C(C)C)nnc1-c1ccncc1. The Bertz CT molecular complexity index is 999. The van der Waals surface area contributed by atoms with Crippen molar-refractivity contribution < 1.29 is 4.79 Å². The number of hydrogen-bond donors (Lipinski definition) is 1. The van der Waals surface area contributed by atoms with Crippen molar-refractivity contribution in [3.63, 3.8) is 0 Å². The molecule has 0 aliphatic rings. The van der Waals surface area contributed by atoms with Gasteiger partial charge in [0.1, 0.15) is 0 Å². The van der Waals surface area contributed by atoms with Crippen molar-refractivity contribution in [2.24, 2.45) is 5.92 Å². The Morgan fingerprint density at radius 3 is 2.25 bits per heavy atom. The van der Waals surface area contributed by atoms with Crippen molar-refractivity contribution in [3.05, 3.63) is 59.9 Å². The van der Waals surface area contributed by atoms with E-state index in [9.17, 15) is 4.79 Å². The monoisotopic (exact) mass is 451 g/mol. The number of amides is 1. The molecule has 170 valence electrons. The second kappa shape index (κ2) is 11.3. The molecule has 3 rings (SSSR count). The minimum atomic E-state index is -0.0230. The maximum atomic E-state index is 12.8. The number of nitrogens with one attached hydrogen (secondary N) is 1. The highest BCUT2D eigenvalue weighted by Gasteiger charge is 2.20. The smallest absolute Gasteiger partial charge is 0.230 e. The molecule has 0 spiro atoms. The third-order valence-electron chi connectivity index (χ3n) is 5.38. The summed E-state index contributed by atoms with van der Waals surface area (Å²) in [5.41, 5.74) is 3.41. The minimum Gasteiger partial charge on any atom is -0.348 e. The molecule has 0 aliphatic heterocycles. The highest BCUT2D eigenvalue weighted by molar-refractivity contribution is 7.99. The summed E-state index contributed by atoms with van der Waals surface area (Å²) in [6.45, 7) is 11.6. The first-order valence-electron chi connectivity index (χ1n) is 11.3. The van der Waals surface area contributed by atoms with Crippen molar-refractivity contribution in [1.29, 1.82) is 0 Å². The van der Waals surface area contributed by atoms with Crippen LogP contribution in [0.15, 0.2) is 53.9 Å². The normalized spacial score (nSPS) is 12.3. The summed E-state index contributed by atoms with van der Waals surface area (Å²) in [6, 6.07) is 12.4. The Morgan fingerprint density at radius 2 is 1.66 bits per heavy atom. The summed E-state index contributed by atoms with van der Waals surface area (Å²) in [6.07, 6.45) is 4.46. The van der Waals surface area contributed by atoms with E-state index in [-0.39, 0.29) is 17.9 Å². The Kier molecular flexibility index (Phi) is 8.45. The zero-order chi connectivity index (χ0) is 23.1. The second-order valence-electron chi connectivity index (χ2n) is 8.59. The summed E-state index contributed by atoms with van der Waals surface area (Å²) >= 11 is 1.43. The van der Waals surface area contributed by atoms with E-state index < -0.39 is 0 Å². The Labute approximate surface area is 195 Å². The molecule has 0 saturated carbocycles. The van der Waals surface area contributed by atoms with E-state index in [4.69, 9.17) is 0 Å². The molecule has 7 heteroatoms. The fourth-order valence-electron chi connectivity index (χ4n) is 3.60. The highest BCUT2D eigenvalue weighted by atomic mass is 32.2. The molecule has 1 aromatic carbocycles. The molecule has 0 aliphatic carbocycles. The lowest BCUT2D eigenvalue weighted by atomic mass is 9.93. The molecule has 0 saturated heterocycles. The molecule has 2 aromatic heterocycles. The topological polar surface area (TPSA) is 72.7 Å². The predicted molar refractivity (Wildman–Crippen MR) is 131 cm³/mol. The fraction of sp³-hybridized carbons (Fsp3) is 0.440. The highest BCUT2D eigenvalue weighted by Crippen LogP contribution is 2.26. The quantitative estimate of drug-likeness (QED) is 0.413. The third-order valence-corrected chi connectivity index (χ3v) is 6.35. The van der Waals surface area contributed by atoms with E-state index in [1.54, 1.807) is 12.4 Å². The molecule has 0 radical (unpaired) electrons. The number of carbonyl (C=O) groups is 1. The lowest BCUT2D eigenvalue weighted by Gasteiger charge is -2.23. The van der Waals surface area contributed by atoms with Crippen molar-refractivity contribution in [3.8, 4) is 11.4 Å². The summed E-state index contributed by atoms with van der Waals surface area (Å²) < 4.78 is 2.08. The Hall–Kier alpha value is -2.67. The zero-order valence-corrected chi connectivity index (χ0v) is 20.4. The van der Waals surface area contributed by atoms with Crippen LogP contribution in [0.2, 0.25) is 0 Å². The van der Waals surface area contributed by atoms with Crippen LogP contribution in [0.1, 0.15) is 64.1 Å². The van der Waals surface area contributed by atoms with Crippen LogP contribution >= 0.6 is 11.8 Å². The van der Waals surface area contributed by atoms with Gasteiger partial charge in [0, 0.05) is 24.5 Å².